The Kier molecular flexibility index (Phi) is 6.70. The van der Waals surface area contributed by atoms with E-state index in [1.165, 1.54) is 116 Å². The molecule has 0 saturated heterocycles. The molecule has 0 saturated carbocycles. The van der Waals surface area contributed by atoms with Gasteiger partial charge in [-0.2, -0.15) is 0 Å². The Labute approximate surface area is 361 Å². The summed E-state index contributed by atoms with van der Waals surface area (Å²) in [6.45, 7) is 4.54. The molecular weight excluding hydrogens is 754 g/mol. The lowest BCUT2D eigenvalue weighted by molar-refractivity contribution is 0.415. The normalized spacial score (nSPS) is 13.7. The van der Waals surface area contributed by atoms with E-state index < -0.39 is 0 Å². The molecule has 4 aliphatic rings. The summed E-state index contributed by atoms with van der Waals surface area (Å²) in [7, 11) is 3.56. The summed E-state index contributed by atoms with van der Waals surface area (Å²) in [6, 6.07) is 59.4. The Morgan fingerprint density at radius 1 is 0.371 bits per heavy atom. The molecule has 4 aliphatic heterocycles. The van der Waals surface area contributed by atoms with Crippen molar-refractivity contribution in [2.45, 2.75) is 13.8 Å². The summed E-state index contributed by atoms with van der Waals surface area (Å²) in [6.07, 6.45) is 0. The van der Waals surface area contributed by atoms with E-state index in [9.17, 15) is 0 Å². The fourth-order valence-electron chi connectivity index (χ4n) is 12.0. The number of methoxy groups -OCH3 is 2. The standard InChI is InChI=1S/C56H38B2N2O2/c1-31-15-21-43-47(24-31)59(35-11-7-5-8-12-35)50-30-38(62-4)28-42-40-20-17-34-26-45-53-39(19-16-33-27-46(57(43)56(42)50)54(40)52(34)51(33)53)41-23-32(2)25-49-55(41)58(45)44-22-18-37(61-3)29-48(44)60(49)36-13-9-6-10-14-36/h5-30H,1-4H3. The van der Waals surface area contributed by atoms with Crippen LogP contribution >= 0.6 is 0 Å². The first-order chi connectivity index (χ1) is 30.5. The van der Waals surface area contributed by atoms with Gasteiger partial charge >= 0.3 is 0 Å². The van der Waals surface area contributed by atoms with Crippen LogP contribution in [0.2, 0.25) is 0 Å². The van der Waals surface area contributed by atoms with Crippen molar-refractivity contribution >= 4 is 113 Å². The van der Waals surface area contributed by atoms with Gasteiger partial charge in [0.25, 0.3) is 0 Å². The fraction of sp³-hybridized carbons (Fsp3) is 0.0714. The van der Waals surface area contributed by atoms with E-state index in [-0.39, 0.29) is 13.4 Å². The third-order valence-electron chi connectivity index (χ3n) is 14.4. The van der Waals surface area contributed by atoms with Gasteiger partial charge < -0.3 is 19.3 Å². The number of hydrogen-bond donors (Lipinski definition) is 0. The van der Waals surface area contributed by atoms with Crippen LogP contribution < -0.4 is 52.1 Å². The van der Waals surface area contributed by atoms with Gasteiger partial charge in [-0.15, -0.1) is 0 Å². The van der Waals surface area contributed by atoms with Gasteiger partial charge in [-0.25, -0.2) is 0 Å². The van der Waals surface area contributed by atoms with Gasteiger partial charge in [0.2, 0.25) is 13.4 Å². The summed E-state index contributed by atoms with van der Waals surface area (Å²) in [4.78, 5) is 4.91. The Morgan fingerprint density at radius 2 is 0.871 bits per heavy atom. The van der Waals surface area contributed by atoms with Crippen molar-refractivity contribution in [3.8, 4) is 33.8 Å². The number of anilines is 6. The first-order valence-corrected chi connectivity index (χ1v) is 21.6. The number of para-hydroxylation sites is 2. The van der Waals surface area contributed by atoms with E-state index in [0.29, 0.717) is 0 Å². The van der Waals surface area contributed by atoms with Crippen LogP contribution in [0.15, 0.2) is 158 Å². The number of aryl methyl sites for hydroxylation is 2. The van der Waals surface area contributed by atoms with Gasteiger partial charge in [0.05, 0.1) is 14.2 Å². The maximum absolute atomic E-state index is 6.15. The Balaban J connectivity index is 1.10. The van der Waals surface area contributed by atoms with Crippen molar-refractivity contribution in [1.29, 1.82) is 0 Å². The SMILES string of the molecule is COc1ccc2c(c1)N(c1ccccc1)c1cc(C)cc3c1B2c1cc2ccc4c5c(cc6ccc-3c1c6c25)B1c2ccc(C)cc2N(c2ccccc2)c2cc(OC)cc-4c21. The van der Waals surface area contributed by atoms with Crippen LogP contribution in [0.3, 0.4) is 0 Å². The molecule has 4 nitrogen and oxygen atoms in total. The largest absolute Gasteiger partial charge is 0.497 e. The van der Waals surface area contributed by atoms with Crippen LogP contribution in [-0.4, -0.2) is 27.6 Å². The molecule has 10 aromatic rings. The van der Waals surface area contributed by atoms with E-state index in [1.807, 2.05) is 0 Å². The van der Waals surface area contributed by atoms with Gasteiger partial charge in [0, 0.05) is 46.3 Å². The molecule has 4 heterocycles. The van der Waals surface area contributed by atoms with E-state index in [1.54, 1.807) is 14.2 Å². The lowest BCUT2D eigenvalue weighted by Crippen LogP contribution is -2.60. The third kappa shape index (κ3) is 4.29. The monoisotopic (exact) mass is 792 g/mol. The molecule has 0 N–H and O–H groups in total. The van der Waals surface area contributed by atoms with Crippen LogP contribution in [0.1, 0.15) is 11.1 Å². The second-order valence-corrected chi connectivity index (χ2v) is 17.7. The number of nitrogens with zero attached hydrogens (tertiary/aromatic N) is 2. The van der Waals surface area contributed by atoms with E-state index >= 15 is 0 Å². The average Bonchev–Trinajstić information content (AvgIpc) is 3.31. The maximum Gasteiger partial charge on any atom is 0.248 e. The number of fused-ring (bicyclic) bond motifs is 8. The highest BCUT2D eigenvalue weighted by atomic mass is 16.5. The third-order valence-corrected chi connectivity index (χ3v) is 14.4. The van der Waals surface area contributed by atoms with E-state index in [2.05, 4.69) is 181 Å². The number of benzene rings is 10. The summed E-state index contributed by atoms with van der Waals surface area (Å²) >= 11 is 0. The van der Waals surface area contributed by atoms with Crippen LogP contribution in [-0.2, 0) is 0 Å². The van der Waals surface area contributed by atoms with E-state index in [0.717, 1.165) is 28.6 Å². The molecule has 0 aromatic heterocycles. The quantitative estimate of drug-likeness (QED) is 0.131. The molecular formula is C56H38B2N2O2. The van der Waals surface area contributed by atoms with Crippen molar-refractivity contribution < 1.29 is 9.47 Å². The summed E-state index contributed by atoms with van der Waals surface area (Å²) < 4.78 is 12.1. The molecule has 62 heavy (non-hydrogen) atoms. The molecule has 0 spiro atoms. The molecule has 0 atom stereocenters. The molecule has 10 aromatic carbocycles. The lowest BCUT2D eigenvalue weighted by atomic mass is 9.31. The summed E-state index contributed by atoms with van der Waals surface area (Å²) in [5.41, 5.74) is 22.8. The van der Waals surface area contributed by atoms with Gasteiger partial charge in [-0.1, -0.05) is 108 Å². The van der Waals surface area contributed by atoms with Crippen LogP contribution in [0.25, 0.3) is 54.6 Å². The highest BCUT2D eigenvalue weighted by Gasteiger charge is 2.45. The summed E-state index contributed by atoms with van der Waals surface area (Å²) in [5.74, 6) is 1.72. The maximum atomic E-state index is 6.15. The molecule has 0 unspecified atom stereocenters. The van der Waals surface area contributed by atoms with Crippen molar-refractivity contribution in [3.05, 3.63) is 169 Å². The fourth-order valence-corrected chi connectivity index (χ4v) is 12.0. The highest BCUT2D eigenvalue weighted by Crippen LogP contribution is 2.49. The minimum absolute atomic E-state index is 0.0417. The van der Waals surface area contributed by atoms with Crippen LogP contribution in [0, 0.1) is 13.8 Å². The average molecular weight is 793 g/mol. The zero-order valence-electron chi connectivity index (χ0n) is 34.9. The van der Waals surface area contributed by atoms with Gasteiger partial charge in [0.15, 0.2) is 0 Å². The Bertz CT molecular complexity index is 3600. The minimum atomic E-state index is 0.0417. The number of hydrogen-bond acceptors (Lipinski definition) is 4. The van der Waals surface area contributed by atoms with Gasteiger partial charge in [-0.3, -0.25) is 0 Å². The Morgan fingerprint density at radius 3 is 1.45 bits per heavy atom. The molecule has 0 radical (unpaired) electrons. The van der Waals surface area contributed by atoms with Crippen LogP contribution in [0.4, 0.5) is 34.1 Å². The zero-order chi connectivity index (χ0) is 41.1. The first kappa shape index (κ1) is 34.3. The molecule has 0 aliphatic carbocycles. The number of rotatable bonds is 4. The molecule has 6 heteroatoms. The predicted octanol–water partition coefficient (Wildman–Crippen LogP) is 9.78. The smallest absolute Gasteiger partial charge is 0.248 e. The highest BCUT2D eigenvalue weighted by molar-refractivity contribution is 7.02. The first-order valence-electron chi connectivity index (χ1n) is 21.6. The second kappa shape index (κ2) is 12.1. The second-order valence-electron chi connectivity index (χ2n) is 17.7. The van der Waals surface area contributed by atoms with Crippen LogP contribution in [0.5, 0.6) is 11.5 Å². The number of ether oxygens (including phenoxy) is 2. The lowest BCUT2D eigenvalue weighted by Gasteiger charge is -2.42. The molecule has 14 rings (SSSR count). The molecule has 0 fully saturated rings. The van der Waals surface area contributed by atoms with Crippen molar-refractivity contribution in [1.82, 2.24) is 0 Å². The van der Waals surface area contributed by atoms with E-state index in [4.69, 9.17) is 9.47 Å². The molecule has 290 valence electrons. The topological polar surface area (TPSA) is 24.9 Å². The van der Waals surface area contributed by atoms with Crippen molar-refractivity contribution in [3.63, 3.8) is 0 Å². The zero-order valence-corrected chi connectivity index (χ0v) is 34.9. The van der Waals surface area contributed by atoms with Crippen molar-refractivity contribution in [2.75, 3.05) is 24.0 Å². The van der Waals surface area contributed by atoms with Crippen molar-refractivity contribution in [2.24, 2.45) is 0 Å². The molecule has 0 amide bonds. The molecule has 0 bridgehead atoms. The predicted molar refractivity (Wildman–Crippen MR) is 262 cm³/mol. The Hall–Kier alpha value is -7.43. The minimum Gasteiger partial charge on any atom is -0.497 e. The van der Waals surface area contributed by atoms with Gasteiger partial charge in [0.1, 0.15) is 11.5 Å². The van der Waals surface area contributed by atoms with Gasteiger partial charge in [-0.05, 0) is 150 Å². The summed E-state index contributed by atoms with van der Waals surface area (Å²) in [5, 5.41) is 8.02.